The van der Waals surface area contributed by atoms with Crippen molar-refractivity contribution in [3.8, 4) is 6.07 Å². The number of hydrogen-bond acceptors (Lipinski definition) is 3. The number of hydrogen-bond donors (Lipinski definition) is 1. The highest BCUT2D eigenvalue weighted by molar-refractivity contribution is 5.30. The van der Waals surface area contributed by atoms with Gasteiger partial charge in [-0.05, 0) is 18.1 Å². The molecule has 0 aliphatic carbocycles. The molecule has 0 radical (unpaired) electrons. The summed E-state index contributed by atoms with van der Waals surface area (Å²) in [6.45, 7) is 2.08. The lowest BCUT2D eigenvalue weighted by atomic mass is 10.0. The summed E-state index contributed by atoms with van der Waals surface area (Å²) in [6.07, 6.45) is 5.23. The topological polar surface area (TPSA) is 62.7 Å². The van der Waals surface area contributed by atoms with Gasteiger partial charge in [-0.1, -0.05) is 13.3 Å². The van der Waals surface area contributed by atoms with Gasteiger partial charge in [0, 0.05) is 18.4 Å². The van der Waals surface area contributed by atoms with Crippen LogP contribution in [-0.4, -0.2) is 4.98 Å². The van der Waals surface area contributed by atoms with E-state index in [0.29, 0.717) is 5.56 Å². The summed E-state index contributed by atoms with van der Waals surface area (Å²) in [5.41, 5.74) is 7.40. The third-order valence-corrected chi connectivity index (χ3v) is 1.92. The predicted molar refractivity (Wildman–Crippen MR) is 50.8 cm³/mol. The third kappa shape index (κ3) is 2.53. The maximum absolute atomic E-state index is 8.64. The molecule has 0 fully saturated rings. The Morgan fingerprint density at radius 1 is 1.62 bits per heavy atom. The summed E-state index contributed by atoms with van der Waals surface area (Å²) in [7, 11) is 0. The maximum Gasteiger partial charge on any atom is 0.101 e. The van der Waals surface area contributed by atoms with Gasteiger partial charge in [0.15, 0.2) is 0 Å². The first kappa shape index (κ1) is 9.69. The van der Waals surface area contributed by atoms with Crippen molar-refractivity contribution in [1.82, 2.24) is 4.98 Å². The quantitative estimate of drug-likeness (QED) is 0.761. The molecule has 0 saturated heterocycles. The molecular weight excluding hydrogens is 162 g/mol. The van der Waals surface area contributed by atoms with Crippen molar-refractivity contribution in [2.24, 2.45) is 5.73 Å². The van der Waals surface area contributed by atoms with Gasteiger partial charge >= 0.3 is 0 Å². The van der Waals surface area contributed by atoms with Crippen molar-refractivity contribution in [1.29, 1.82) is 5.26 Å². The fourth-order valence-corrected chi connectivity index (χ4v) is 1.20. The number of nitrogens with zero attached hydrogens (tertiary/aromatic N) is 2. The highest BCUT2D eigenvalue weighted by atomic mass is 14.7. The van der Waals surface area contributed by atoms with Crippen LogP contribution >= 0.6 is 0 Å². The number of aromatic nitrogens is 1. The van der Waals surface area contributed by atoms with Crippen LogP contribution < -0.4 is 5.73 Å². The van der Waals surface area contributed by atoms with Gasteiger partial charge in [0.1, 0.15) is 6.07 Å². The number of nitriles is 1. The molecule has 3 heteroatoms. The fraction of sp³-hybridized carbons (Fsp3) is 0.400. The Labute approximate surface area is 78.2 Å². The summed E-state index contributed by atoms with van der Waals surface area (Å²) >= 11 is 0. The van der Waals surface area contributed by atoms with Crippen LogP contribution in [0.2, 0.25) is 0 Å². The van der Waals surface area contributed by atoms with Crippen LogP contribution in [0.15, 0.2) is 18.5 Å². The van der Waals surface area contributed by atoms with Crippen molar-refractivity contribution < 1.29 is 0 Å². The second-order valence-corrected chi connectivity index (χ2v) is 3.01. The highest BCUT2D eigenvalue weighted by Gasteiger charge is 2.05. The van der Waals surface area contributed by atoms with E-state index in [0.717, 1.165) is 18.4 Å². The van der Waals surface area contributed by atoms with E-state index >= 15 is 0 Å². The van der Waals surface area contributed by atoms with E-state index in [2.05, 4.69) is 11.9 Å². The first-order chi connectivity index (χ1) is 6.27. The van der Waals surface area contributed by atoms with Gasteiger partial charge in [-0.25, -0.2) is 0 Å². The molecule has 3 nitrogen and oxygen atoms in total. The molecule has 0 amide bonds. The summed E-state index contributed by atoms with van der Waals surface area (Å²) in [5.74, 6) is 0. The minimum atomic E-state index is 0.00537. The van der Waals surface area contributed by atoms with Crippen molar-refractivity contribution in [2.75, 3.05) is 0 Å². The molecule has 0 aliphatic rings. The highest BCUT2D eigenvalue weighted by Crippen LogP contribution is 2.15. The van der Waals surface area contributed by atoms with Gasteiger partial charge in [-0.2, -0.15) is 5.26 Å². The van der Waals surface area contributed by atoms with E-state index in [-0.39, 0.29) is 6.04 Å². The van der Waals surface area contributed by atoms with Gasteiger partial charge in [-0.15, -0.1) is 0 Å². The Hall–Kier alpha value is -1.40. The maximum atomic E-state index is 8.64. The second kappa shape index (κ2) is 4.58. The van der Waals surface area contributed by atoms with Gasteiger partial charge in [-0.3, -0.25) is 4.98 Å². The van der Waals surface area contributed by atoms with Gasteiger partial charge in [0.2, 0.25) is 0 Å². The molecule has 0 aromatic carbocycles. The van der Waals surface area contributed by atoms with Crippen LogP contribution in [0.3, 0.4) is 0 Å². The number of nitrogens with two attached hydrogens (primary N) is 1. The van der Waals surface area contributed by atoms with E-state index in [1.165, 1.54) is 0 Å². The minimum absolute atomic E-state index is 0.00537. The molecular formula is C10H13N3. The van der Waals surface area contributed by atoms with Crippen molar-refractivity contribution in [2.45, 2.75) is 25.8 Å². The van der Waals surface area contributed by atoms with E-state index in [1.54, 1.807) is 18.5 Å². The van der Waals surface area contributed by atoms with E-state index in [9.17, 15) is 0 Å². The van der Waals surface area contributed by atoms with E-state index in [1.807, 2.05) is 6.07 Å². The molecule has 0 saturated carbocycles. The van der Waals surface area contributed by atoms with E-state index in [4.69, 9.17) is 11.0 Å². The molecule has 0 aliphatic heterocycles. The molecule has 1 atom stereocenters. The lowest BCUT2D eigenvalue weighted by Gasteiger charge is -2.09. The second-order valence-electron chi connectivity index (χ2n) is 3.01. The summed E-state index contributed by atoms with van der Waals surface area (Å²) in [6, 6.07) is 3.85. The zero-order valence-corrected chi connectivity index (χ0v) is 7.70. The first-order valence-electron chi connectivity index (χ1n) is 4.38. The van der Waals surface area contributed by atoms with Gasteiger partial charge in [0.25, 0.3) is 0 Å². The Morgan fingerprint density at radius 2 is 2.38 bits per heavy atom. The van der Waals surface area contributed by atoms with E-state index < -0.39 is 0 Å². The molecule has 0 bridgehead atoms. The largest absolute Gasteiger partial charge is 0.324 e. The first-order valence-corrected chi connectivity index (χ1v) is 4.38. The molecule has 1 aromatic rings. The van der Waals surface area contributed by atoms with Gasteiger partial charge < -0.3 is 5.73 Å². The normalized spacial score (nSPS) is 12.1. The van der Waals surface area contributed by atoms with Crippen LogP contribution in [-0.2, 0) is 0 Å². The average Bonchev–Trinajstić information content (AvgIpc) is 2.18. The number of pyridine rings is 1. The van der Waals surface area contributed by atoms with Crippen LogP contribution in [0.4, 0.5) is 0 Å². The SMILES string of the molecule is CCCC(N)c1cncc(C#N)c1. The Bertz CT molecular complexity index is 314. The summed E-state index contributed by atoms with van der Waals surface area (Å²) < 4.78 is 0. The summed E-state index contributed by atoms with van der Waals surface area (Å²) in [5, 5.41) is 8.64. The summed E-state index contributed by atoms with van der Waals surface area (Å²) in [4.78, 5) is 3.96. The molecule has 2 N–H and O–H groups in total. The third-order valence-electron chi connectivity index (χ3n) is 1.92. The van der Waals surface area contributed by atoms with Crippen LogP contribution in [0.1, 0.15) is 36.9 Å². The van der Waals surface area contributed by atoms with Crippen LogP contribution in [0, 0.1) is 11.3 Å². The van der Waals surface area contributed by atoms with Crippen LogP contribution in [0.25, 0.3) is 0 Å². The van der Waals surface area contributed by atoms with Gasteiger partial charge in [0.05, 0.1) is 5.56 Å². The molecule has 1 aromatic heterocycles. The zero-order valence-electron chi connectivity index (χ0n) is 7.70. The number of rotatable bonds is 3. The smallest absolute Gasteiger partial charge is 0.101 e. The Kier molecular flexibility index (Phi) is 3.41. The molecule has 13 heavy (non-hydrogen) atoms. The molecule has 1 heterocycles. The minimum Gasteiger partial charge on any atom is -0.324 e. The van der Waals surface area contributed by atoms with Crippen molar-refractivity contribution in [3.05, 3.63) is 29.6 Å². The molecule has 1 unspecified atom stereocenters. The van der Waals surface area contributed by atoms with Crippen molar-refractivity contribution in [3.63, 3.8) is 0 Å². The van der Waals surface area contributed by atoms with Crippen LogP contribution in [0.5, 0.6) is 0 Å². The predicted octanol–water partition coefficient (Wildman–Crippen LogP) is 1.75. The lowest BCUT2D eigenvalue weighted by Crippen LogP contribution is -2.10. The Balaban J connectivity index is 2.83. The lowest BCUT2D eigenvalue weighted by molar-refractivity contribution is 0.636. The monoisotopic (exact) mass is 175 g/mol. The molecule has 1 rings (SSSR count). The molecule has 68 valence electrons. The Morgan fingerprint density at radius 3 is 3.00 bits per heavy atom. The molecule has 0 spiro atoms. The zero-order chi connectivity index (χ0) is 9.68. The van der Waals surface area contributed by atoms with Crippen molar-refractivity contribution >= 4 is 0 Å². The average molecular weight is 175 g/mol. The fourth-order valence-electron chi connectivity index (χ4n) is 1.20. The standard InChI is InChI=1S/C10H13N3/c1-2-3-10(12)9-4-8(5-11)6-13-7-9/h4,6-7,10H,2-3,12H2,1H3.